The van der Waals surface area contributed by atoms with Crippen molar-refractivity contribution in [1.29, 1.82) is 0 Å². The molecule has 0 fully saturated rings. The first-order chi connectivity index (χ1) is 10.1. The fourth-order valence-corrected chi connectivity index (χ4v) is 3.93. The van der Waals surface area contributed by atoms with Crippen molar-refractivity contribution in [3.63, 3.8) is 0 Å². The monoisotopic (exact) mass is 393 g/mol. The molecule has 0 bridgehead atoms. The van der Waals surface area contributed by atoms with Crippen LogP contribution in [0.25, 0.3) is 0 Å². The Morgan fingerprint density at radius 3 is 2.59 bits per heavy atom. The van der Waals surface area contributed by atoms with Gasteiger partial charge in [-0.2, -0.15) is 0 Å². The molecular weight excluding hydrogens is 378 g/mol. The van der Waals surface area contributed by atoms with Crippen LogP contribution < -0.4 is 10.5 Å². The lowest BCUT2D eigenvalue weighted by atomic mass is 10.1. The predicted octanol–water partition coefficient (Wildman–Crippen LogP) is 2.18. The van der Waals surface area contributed by atoms with E-state index >= 15 is 0 Å². The zero-order valence-electron chi connectivity index (χ0n) is 12.0. The molecule has 1 amide bonds. The number of nitrogens with one attached hydrogen (secondary N) is 1. The standard InChI is InChI=1S/C12H16BrN3O5S/c1-3-4-7(2)12(17)15-22(20,21)11-6-10(16(18)19)9(14)5-8(11)13/h5-7H,3-4,14H2,1-2H3,(H,15,17)/t7-/m0/s1. The van der Waals surface area contributed by atoms with Crippen molar-refractivity contribution >= 4 is 43.2 Å². The molecule has 0 aliphatic rings. The lowest BCUT2D eigenvalue weighted by Crippen LogP contribution is -2.34. The number of sulfonamides is 1. The predicted molar refractivity (Wildman–Crippen MR) is 84.6 cm³/mol. The molecular formula is C12H16BrN3O5S. The first-order valence-electron chi connectivity index (χ1n) is 6.40. The summed E-state index contributed by atoms with van der Waals surface area (Å²) in [5.41, 5.74) is 4.75. The summed E-state index contributed by atoms with van der Waals surface area (Å²) in [6.07, 6.45) is 1.26. The van der Waals surface area contributed by atoms with Crippen LogP contribution in [0.1, 0.15) is 26.7 Å². The third kappa shape index (κ3) is 4.17. The van der Waals surface area contributed by atoms with Crippen LogP contribution in [0, 0.1) is 16.0 Å². The summed E-state index contributed by atoms with van der Waals surface area (Å²) in [7, 11) is -4.23. The molecule has 0 saturated carbocycles. The second-order valence-electron chi connectivity index (χ2n) is 4.76. The number of hydrogen-bond donors (Lipinski definition) is 2. The molecule has 22 heavy (non-hydrogen) atoms. The Bertz CT molecular complexity index is 705. The number of anilines is 1. The molecule has 0 aliphatic heterocycles. The van der Waals surface area contributed by atoms with Crippen LogP contribution in [0.2, 0.25) is 0 Å². The summed E-state index contributed by atoms with van der Waals surface area (Å²) in [4.78, 5) is 21.5. The zero-order valence-corrected chi connectivity index (χ0v) is 14.4. The Morgan fingerprint density at radius 1 is 1.50 bits per heavy atom. The number of hydrogen-bond acceptors (Lipinski definition) is 6. The summed E-state index contributed by atoms with van der Waals surface area (Å²) >= 11 is 2.99. The molecule has 10 heteroatoms. The van der Waals surface area contributed by atoms with E-state index in [-0.39, 0.29) is 10.2 Å². The third-order valence-electron chi connectivity index (χ3n) is 2.97. The van der Waals surface area contributed by atoms with Gasteiger partial charge >= 0.3 is 0 Å². The van der Waals surface area contributed by atoms with Crippen LogP contribution in [0.4, 0.5) is 11.4 Å². The van der Waals surface area contributed by atoms with Gasteiger partial charge in [-0.3, -0.25) is 14.9 Å². The van der Waals surface area contributed by atoms with Crippen LogP contribution in [0.15, 0.2) is 21.5 Å². The molecule has 0 heterocycles. The van der Waals surface area contributed by atoms with Gasteiger partial charge in [-0.25, -0.2) is 13.1 Å². The number of halogens is 1. The highest BCUT2D eigenvalue weighted by molar-refractivity contribution is 9.10. The molecule has 0 radical (unpaired) electrons. The number of carbonyl (C=O) groups excluding carboxylic acids is 1. The topological polar surface area (TPSA) is 132 Å². The fraction of sp³-hybridized carbons (Fsp3) is 0.417. The number of nitrogen functional groups attached to an aromatic ring is 1. The number of rotatable bonds is 6. The number of benzene rings is 1. The fourth-order valence-electron chi connectivity index (χ4n) is 1.77. The minimum atomic E-state index is -4.23. The highest BCUT2D eigenvalue weighted by atomic mass is 79.9. The molecule has 0 aliphatic carbocycles. The van der Waals surface area contributed by atoms with E-state index in [1.807, 2.05) is 11.6 Å². The van der Waals surface area contributed by atoms with E-state index in [4.69, 9.17) is 5.73 Å². The zero-order chi connectivity index (χ0) is 17.1. The van der Waals surface area contributed by atoms with E-state index in [9.17, 15) is 23.3 Å². The van der Waals surface area contributed by atoms with Gasteiger partial charge in [-0.15, -0.1) is 0 Å². The lowest BCUT2D eigenvalue weighted by molar-refractivity contribution is -0.384. The number of nitro groups is 1. The molecule has 1 aromatic rings. The van der Waals surface area contributed by atoms with Crippen LogP contribution in [-0.4, -0.2) is 19.2 Å². The maximum atomic E-state index is 12.2. The average Bonchev–Trinajstić information content (AvgIpc) is 2.37. The van der Waals surface area contributed by atoms with Crippen LogP contribution >= 0.6 is 15.9 Å². The molecule has 1 rings (SSSR count). The van der Waals surface area contributed by atoms with Gasteiger partial charge in [0.05, 0.1) is 4.92 Å². The van der Waals surface area contributed by atoms with Crippen molar-refractivity contribution in [2.75, 3.05) is 5.73 Å². The Kier molecular flexibility index (Phi) is 5.89. The summed E-state index contributed by atoms with van der Waals surface area (Å²) in [6.45, 7) is 3.48. The summed E-state index contributed by atoms with van der Waals surface area (Å²) in [6, 6.07) is 1.94. The minimum Gasteiger partial charge on any atom is -0.393 e. The number of carbonyl (C=O) groups is 1. The van der Waals surface area contributed by atoms with Gasteiger partial charge in [0, 0.05) is 16.5 Å². The van der Waals surface area contributed by atoms with E-state index in [1.54, 1.807) is 6.92 Å². The maximum Gasteiger partial charge on any atom is 0.293 e. The normalized spacial score (nSPS) is 12.7. The summed E-state index contributed by atoms with van der Waals surface area (Å²) in [5.74, 6) is -1.14. The molecule has 0 unspecified atom stereocenters. The minimum absolute atomic E-state index is 0.0408. The van der Waals surface area contributed by atoms with E-state index in [0.717, 1.165) is 18.6 Å². The van der Waals surface area contributed by atoms with E-state index < -0.39 is 37.4 Å². The molecule has 0 saturated heterocycles. The molecule has 0 spiro atoms. The Balaban J connectivity index is 3.21. The van der Waals surface area contributed by atoms with Crippen molar-refractivity contribution in [2.45, 2.75) is 31.6 Å². The number of nitro benzene ring substituents is 1. The maximum absolute atomic E-state index is 12.2. The largest absolute Gasteiger partial charge is 0.393 e. The van der Waals surface area contributed by atoms with Gasteiger partial charge in [0.25, 0.3) is 15.7 Å². The number of nitrogens with two attached hydrogens (primary N) is 1. The van der Waals surface area contributed by atoms with Gasteiger partial charge in [0.15, 0.2) is 0 Å². The van der Waals surface area contributed by atoms with Gasteiger partial charge in [0.1, 0.15) is 10.6 Å². The smallest absolute Gasteiger partial charge is 0.293 e. The van der Waals surface area contributed by atoms with Crippen LogP contribution in [-0.2, 0) is 14.8 Å². The van der Waals surface area contributed by atoms with Crippen molar-refractivity contribution in [2.24, 2.45) is 5.92 Å². The molecule has 8 nitrogen and oxygen atoms in total. The Hall–Kier alpha value is -1.68. The number of amides is 1. The first kappa shape index (κ1) is 18.4. The second-order valence-corrected chi connectivity index (χ2v) is 7.26. The second kappa shape index (κ2) is 7.05. The first-order valence-corrected chi connectivity index (χ1v) is 8.67. The van der Waals surface area contributed by atoms with Gasteiger partial charge in [0.2, 0.25) is 5.91 Å². The number of nitrogens with zero attached hydrogens (tertiary/aromatic N) is 1. The van der Waals surface area contributed by atoms with Gasteiger partial charge in [-0.1, -0.05) is 20.3 Å². The van der Waals surface area contributed by atoms with Crippen LogP contribution in [0.3, 0.4) is 0 Å². The molecule has 1 atom stereocenters. The lowest BCUT2D eigenvalue weighted by Gasteiger charge is -2.13. The summed E-state index contributed by atoms with van der Waals surface area (Å²) in [5, 5.41) is 10.9. The van der Waals surface area contributed by atoms with Gasteiger partial charge < -0.3 is 5.73 Å². The van der Waals surface area contributed by atoms with E-state index in [0.29, 0.717) is 6.42 Å². The van der Waals surface area contributed by atoms with Crippen LogP contribution in [0.5, 0.6) is 0 Å². The molecule has 1 aromatic carbocycles. The molecule has 0 aromatic heterocycles. The quantitative estimate of drug-likeness (QED) is 0.432. The highest BCUT2D eigenvalue weighted by Crippen LogP contribution is 2.32. The summed E-state index contributed by atoms with van der Waals surface area (Å²) < 4.78 is 26.4. The van der Waals surface area contributed by atoms with Crippen molar-refractivity contribution in [3.05, 3.63) is 26.7 Å². The third-order valence-corrected chi connectivity index (χ3v) is 5.28. The van der Waals surface area contributed by atoms with Gasteiger partial charge in [-0.05, 0) is 28.4 Å². The molecule has 122 valence electrons. The Labute approximate surface area is 136 Å². The molecule has 3 N–H and O–H groups in total. The van der Waals surface area contributed by atoms with E-state index in [1.165, 1.54) is 0 Å². The van der Waals surface area contributed by atoms with Crippen molar-refractivity contribution < 1.29 is 18.1 Å². The van der Waals surface area contributed by atoms with E-state index in [2.05, 4.69) is 15.9 Å². The van der Waals surface area contributed by atoms with Crippen molar-refractivity contribution in [3.8, 4) is 0 Å². The highest BCUT2D eigenvalue weighted by Gasteiger charge is 2.27. The SMILES string of the molecule is CCC[C@H](C)C(=O)NS(=O)(=O)c1cc([N+](=O)[O-])c(N)cc1Br. The van der Waals surface area contributed by atoms with Crippen molar-refractivity contribution in [1.82, 2.24) is 4.72 Å². The Morgan fingerprint density at radius 2 is 2.09 bits per heavy atom. The average molecular weight is 394 g/mol.